The lowest BCUT2D eigenvalue weighted by molar-refractivity contribution is 0.0600. The van der Waals surface area contributed by atoms with Gasteiger partial charge in [0.15, 0.2) is 0 Å². The molecule has 16 heavy (non-hydrogen) atoms. The van der Waals surface area contributed by atoms with Gasteiger partial charge in [-0.15, -0.1) is 0 Å². The number of ether oxygens (including phenoxy) is 1. The first-order valence-corrected chi connectivity index (χ1v) is 5.59. The number of rotatable bonds is 2. The molecule has 0 spiro atoms. The van der Waals surface area contributed by atoms with Crippen molar-refractivity contribution in [1.29, 1.82) is 0 Å². The van der Waals surface area contributed by atoms with Gasteiger partial charge in [-0.3, -0.25) is 0 Å². The molecule has 1 aromatic rings. The van der Waals surface area contributed by atoms with E-state index in [1.54, 1.807) is 6.07 Å². The van der Waals surface area contributed by atoms with Crippen LogP contribution in [0.15, 0.2) is 12.1 Å². The van der Waals surface area contributed by atoms with E-state index >= 15 is 0 Å². The highest BCUT2D eigenvalue weighted by molar-refractivity contribution is 6.29. The van der Waals surface area contributed by atoms with Gasteiger partial charge in [0.25, 0.3) is 0 Å². The van der Waals surface area contributed by atoms with Crippen LogP contribution in [0.1, 0.15) is 23.2 Å². The molecule has 2 rings (SSSR count). The molecule has 0 radical (unpaired) electrons. The van der Waals surface area contributed by atoms with Crippen molar-refractivity contribution in [3.05, 3.63) is 22.8 Å². The van der Waals surface area contributed by atoms with Gasteiger partial charge in [0.05, 0.1) is 12.7 Å². The van der Waals surface area contributed by atoms with Gasteiger partial charge in [-0.05, 0) is 25.0 Å². The number of methoxy groups -OCH3 is 1. The molecule has 0 atom stereocenters. The van der Waals surface area contributed by atoms with Gasteiger partial charge in [0, 0.05) is 13.1 Å². The van der Waals surface area contributed by atoms with Crippen molar-refractivity contribution in [1.82, 2.24) is 4.98 Å². The van der Waals surface area contributed by atoms with Crippen LogP contribution in [0.2, 0.25) is 5.15 Å². The number of nitrogens with zero attached hydrogens (tertiary/aromatic N) is 2. The Morgan fingerprint density at radius 1 is 1.44 bits per heavy atom. The molecule has 0 saturated carbocycles. The van der Waals surface area contributed by atoms with E-state index in [0.717, 1.165) is 31.7 Å². The summed E-state index contributed by atoms with van der Waals surface area (Å²) in [5.74, 6) is 0.371. The van der Waals surface area contributed by atoms with Crippen molar-refractivity contribution in [2.75, 3.05) is 25.1 Å². The van der Waals surface area contributed by atoms with Gasteiger partial charge in [-0.2, -0.15) is 0 Å². The van der Waals surface area contributed by atoms with Crippen molar-refractivity contribution < 1.29 is 9.53 Å². The van der Waals surface area contributed by atoms with Crippen LogP contribution in [0.3, 0.4) is 0 Å². The van der Waals surface area contributed by atoms with E-state index < -0.39 is 0 Å². The number of anilines is 1. The molecule has 0 aromatic carbocycles. The van der Waals surface area contributed by atoms with Gasteiger partial charge >= 0.3 is 5.97 Å². The highest BCUT2D eigenvalue weighted by atomic mass is 35.5. The summed E-state index contributed by atoms with van der Waals surface area (Å²) >= 11 is 5.88. The quantitative estimate of drug-likeness (QED) is 0.587. The second-order valence-corrected chi connectivity index (χ2v) is 4.11. The van der Waals surface area contributed by atoms with E-state index in [1.165, 1.54) is 13.2 Å². The number of pyridine rings is 1. The second kappa shape index (κ2) is 4.70. The molecule has 1 saturated heterocycles. The van der Waals surface area contributed by atoms with Gasteiger partial charge in [-0.25, -0.2) is 9.78 Å². The first kappa shape index (κ1) is 11.2. The lowest BCUT2D eigenvalue weighted by Crippen LogP contribution is -2.19. The number of esters is 1. The summed E-state index contributed by atoms with van der Waals surface area (Å²) in [5, 5.41) is 0.324. The van der Waals surface area contributed by atoms with E-state index in [1.807, 2.05) is 0 Å². The molecule has 86 valence electrons. The van der Waals surface area contributed by atoms with Crippen LogP contribution in [0, 0.1) is 0 Å². The first-order chi connectivity index (χ1) is 7.70. The molecule has 5 heteroatoms. The summed E-state index contributed by atoms with van der Waals surface area (Å²) in [6, 6.07) is 3.25. The van der Waals surface area contributed by atoms with Crippen LogP contribution in [-0.4, -0.2) is 31.2 Å². The average Bonchev–Trinajstić information content (AvgIpc) is 2.80. The summed E-state index contributed by atoms with van der Waals surface area (Å²) in [6.45, 7) is 1.93. The monoisotopic (exact) mass is 240 g/mol. The van der Waals surface area contributed by atoms with Crippen LogP contribution < -0.4 is 4.90 Å². The number of carbonyl (C=O) groups is 1. The lowest BCUT2D eigenvalue weighted by atomic mass is 10.2. The Morgan fingerprint density at radius 3 is 2.75 bits per heavy atom. The minimum absolute atomic E-state index is 0.324. The third kappa shape index (κ3) is 2.27. The zero-order valence-corrected chi connectivity index (χ0v) is 9.83. The van der Waals surface area contributed by atoms with Crippen molar-refractivity contribution >= 4 is 23.4 Å². The Morgan fingerprint density at radius 2 is 2.12 bits per heavy atom. The van der Waals surface area contributed by atoms with Gasteiger partial charge in [0.2, 0.25) is 0 Å². The molecule has 0 N–H and O–H groups in total. The zero-order valence-electron chi connectivity index (χ0n) is 9.07. The highest BCUT2D eigenvalue weighted by Gasteiger charge is 2.16. The maximum absolute atomic E-state index is 11.4. The lowest BCUT2D eigenvalue weighted by Gasteiger charge is -2.16. The van der Waals surface area contributed by atoms with Gasteiger partial charge in [0.1, 0.15) is 11.0 Å². The molecule has 0 bridgehead atoms. The van der Waals surface area contributed by atoms with Crippen molar-refractivity contribution in [3.63, 3.8) is 0 Å². The predicted molar refractivity (Wildman–Crippen MR) is 62.0 cm³/mol. The van der Waals surface area contributed by atoms with Crippen LogP contribution in [0.4, 0.5) is 5.82 Å². The normalized spacial score (nSPS) is 15.2. The van der Waals surface area contributed by atoms with Crippen molar-refractivity contribution in [3.8, 4) is 0 Å². The molecular formula is C11H13ClN2O2. The summed E-state index contributed by atoms with van der Waals surface area (Å²) in [7, 11) is 1.35. The topological polar surface area (TPSA) is 42.4 Å². The van der Waals surface area contributed by atoms with E-state index in [2.05, 4.69) is 14.6 Å². The van der Waals surface area contributed by atoms with Gasteiger partial charge < -0.3 is 9.64 Å². The van der Waals surface area contributed by atoms with Crippen molar-refractivity contribution in [2.24, 2.45) is 0 Å². The van der Waals surface area contributed by atoms with Crippen LogP contribution in [0.5, 0.6) is 0 Å². The first-order valence-electron chi connectivity index (χ1n) is 5.21. The molecular weight excluding hydrogens is 228 g/mol. The minimum Gasteiger partial charge on any atom is -0.465 e. The third-order valence-corrected chi connectivity index (χ3v) is 2.83. The van der Waals surface area contributed by atoms with Gasteiger partial charge in [-0.1, -0.05) is 11.6 Å². The second-order valence-electron chi connectivity index (χ2n) is 3.72. The highest BCUT2D eigenvalue weighted by Crippen LogP contribution is 2.22. The Bertz CT molecular complexity index is 403. The minimum atomic E-state index is -0.384. The van der Waals surface area contributed by atoms with E-state index in [9.17, 15) is 4.79 Å². The Balaban J connectivity index is 2.31. The fourth-order valence-corrected chi connectivity index (χ4v) is 2.03. The molecule has 2 heterocycles. The number of hydrogen-bond acceptors (Lipinski definition) is 4. The smallest absolute Gasteiger partial charge is 0.338 e. The largest absolute Gasteiger partial charge is 0.465 e. The van der Waals surface area contributed by atoms with E-state index in [-0.39, 0.29) is 5.97 Å². The molecule has 1 aliphatic rings. The maximum atomic E-state index is 11.4. The molecule has 0 aliphatic carbocycles. The molecule has 1 aromatic heterocycles. The summed E-state index contributed by atoms with van der Waals surface area (Å²) in [6.07, 6.45) is 2.31. The summed E-state index contributed by atoms with van der Waals surface area (Å²) in [4.78, 5) is 17.7. The third-order valence-electron chi connectivity index (χ3n) is 2.63. The molecule has 0 unspecified atom stereocenters. The SMILES string of the molecule is COC(=O)c1cc(Cl)nc(N2CCCC2)c1. The zero-order chi connectivity index (χ0) is 11.5. The molecule has 1 fully saturated rings. The van der Waals surface area contributed by atoms with E-state index in [4.69, 9.17) is 11.6 Å². The van der Waals surface area contributed by atoms with Crippen LogP contribution in [-0.2, 0) is 4.74 Å². The Hall–Kier alpha value is -1.29. The van der Waals surface area contributed by atoms with Crippen LogP contribution in [0.25, 0.3) is 0 Å². The summed E-state index contributed by atoms with van der Waals surface area (Å²) in [5.41, 5.74) is 0.449. The average molecular weight is 241 g/mol. The van der Waals surface area contributed by atoms with Crippen molar-refractivity contribution in [2.45, 2.75) is 12.8 Å². The number of carbonyl (C=O) groups excluding carboxylic acids is 1. The van der Waals surface area contributed by atoms with E-state index in [0.29, 0.717) is 10.7 Å². The Labute approximate surface area is 99.2 Å². The number of aromatic nitrogens is 1. The number of halogens is 1. The predicted octanol–water partition coefficient (Wildman–Crippen LogP) is 2.12. The molecule has 0 amide bonds. The maximum Gasteiger partial charge on any atom is 0.338 e. The van der Waals surface area contributed by atoms with Crippen LogP contribution >= 0.6 is 11.6 Å². The molecule has 4 nitrogen and oxygen atoms in total. The standard InChI is InChI=1S/C11H13ClN2O2/c1-16-11(15)8-6-9(12)13-10(7-8)14-4-2-3-5-14/h6-7H,2-5H2,1H3. The Kier molecular flexibility index (Phi) is 3.29. The fraction of sp³-hybridized carbons (Fsp3) is 0.455. The number of hydrogen-bond donors (Lipinski definition) is 0. The summed E-state index contributed by atoms with van der Waals surface area (Å²) < 4.78 is 4.67. The molecule has 1 aliphatic heterocycles. The fourth-order valence-electron chi connectivity index (χ4n) is 1.83.